The molecular formula is C13H16INO2S. The van der Waals surface area contributed by atoms with Crippen molar-refractivity contribution in [2.45, 2.75) is 33.3 Å². The molecule has 0 saturated heterocycles. The summed E-state index contributed by atoms with van der Waals surface area (Å²) in [6.07, 6.45) is 4.43. The van der Waals surface area contributed by atoms with E-state index in [1.807, 2.05) is 35.5 Å². The van der Waals surface area contributed by atoms with E-state index < -0.39 is 0 Å². The SMILES string of the molecule is CC(=O)OC(C/C=C\I)/C(C)=C/c1csc(C)n1. The maximum Gasteiger partial charge on any atom is 0.303 e. The molecule has 0 aliphatic carbocycles. The monoisotopic (exact) mass is 377 g/mol. The molecule has 0 N–H and O–H groups in total. The summed E-state index contributed by atoms with van der Waals surface area (Å²) < 4.78 is 7.23. The highest BCUT2D eigenvalue weighted by atomic mass is 127. The zero-order valence-corrected chi connectivity index (χ0v) is 13.6. The normalized spacial score (nSPS) is 13.9. The second kappa shape index (κ2) is 7.68. The first-order chi connectivity index (χ1) is 8.52. The van der Waals surface area contributed by atoms with Crippen molar-refractivity contribution >= 4 is 46.0 Å². The molecule has 0 spiro atoms. The van der Waals surface area contributed by atoms with Gasteiger partial charge in [-0.3, -0.25) is 4.79 Å². The molecule has 1 aromatic heterocycles. The van der Waals surface area contributed by atoms with Crippen molar-refractivity contribution in [3.63, 3.8) is 0 Å². The van der Waals surface area contributed by atoms with Crippen molar-refractivity contribution in [1.29, 1.82) is 0 Å². The summed E-state index contributed by atoms with van der Waals surface area (Å²) in [5.41, 5.74) is 1.93. The maximum absolute atomic E-state index is 11.1. The van der Waals surface area contributed by atoms with Crippen LogP contribution in [-0.2, 0) is 9.53 Å². The molecule has 18 heavy (non-hydrogen) atoms. The number of hydrogen-bond donors (Lipinski definition) is 0. The molecule has 5 heteroatoms. The molecule has 0 fully saturated rings. The lowest BCUT2D eigenvalue weighted by molar-refractivity contribution is -0.144. The highest BCUT2D eigenvalue weighted by Gasteiger charge is 2.13. The number of carbonyl (C=O) groups excluding carboxylic acids is 1. The highest BCUT2D eigenvalue weighted by Crippen LogP contribution is 2.17. The lowest BCUT2D eigenvalue weighted by Crippen LogP contribution is -2.16. The fourth-order valence-corrected chi connectivity index (χ4v) is 2.34. The third kappa shape index (κ3) is 5.30. The van der Waals surface area contributed by atoms with Gasteiger partial charge in [-0.2, -0.15) is 0 Å². The number of carbonyl (C=O) groups is 1. The summed E-state index contributed by atoms with van der Waals surface area (Å²) in [6.45, 7) is 5.37. The first-order valence-electron chi connectivity index (χ1n) is 5.55. The molecule has 0 radical (unpaired) electrons. The van der Waals surface area contributed by atoms with E-state index in [0.717, 1.165) is 16.3 Å². The van der Waals surface area contributed by atoms with Crippen molar-refractivity contribution in [1.82, 2.24) is 4.98 Å². The van der Waals surface area contributed by atoms with Gasteiger partial charge in [0, 0.05) is 18.7 Å². The molecule has 0 aromatic carbocycles. The van der Waals surface area contributed by atoms with Crippen LogP contribution in [0.1, 0.15) is 31.0 Å². The van der Waals surface area contributed by atoms with E-state index in [1.165, 1.54) is 6.92 Å². The molecule has 0 saturated carbocycles. The van der Waals surface area contributed by atoms with Gasteiger partial charge in [0.15, 0.2) is 0 Å². The molecule has 0 bridgehead atoms. The number of nitrogens with zero attached hydrogens (tertiary/aromatic N) is 1. The molecule has 1 unspecified atom stereocenters. The number of rotatable bonds is 5. The Morgan fingerprint density at radius 2 is 2.33 bits per heavy atom. The fraction of sp³-hybridized carbons (Fsp3) is 0.385. The fourth-order valence-electron chi connectivity index (χ4n) is 1.47. The van der Waals surface area contributed by atoms with Gasteiger partial charge in [0.2, 0.25) is 0 Å². The zero-order valence-electron chi connectivity index (χ0n) is 10.6. The van der Waals surface area contributed by atoms with Gasteiger partial charge < -0.3 is 4.74 Å². The standard InChI is InChI=1S/C13H16INO2S/c1-9(7-12-8-18-10(2)15-12)13(5-4-6-14)17-11(3)16/h4,6-8,13H,5H2,1-3H3/b6-4-,9-7+. The Bertz CT molecular complexity index is 465. The van der Waals surface area contributed by atoms with Crippen LogP contribution in [0.5, 0.6) is 0 Å². The summed E-state index contributed by atoms with van der Waals surface area (Å²) in [4.78, 5) is 15.5. The van der Waals surface area contributed by atoms with Gasteiger partial charge >= 0.3 is 5.97 Å². The van der Waals surface area contributed by atoms with Crippen LogP contribution in [0, 0.1) is 6.92 Å². The minimum Gasteiger partial charge on any atom is -0.458 e. The molecule has 98 valence electrons. The molecule has 0 aliphatic heterocycles. The van der Waals surface area contributed by atoms with E-state index in [9.17, 15) is 4.79 Å². The quantitative estimate of drug-likeness (QED) is 0.572. The predicted octanol–water partition coefficient (Wildman–Crippen LogP) is 4.13. The van der Waals surface area contributed by atoms with E-state index >= 15 is 0 Å². The Morgan fingerprint density at radius 1 is 1.61 bits per heavy atom. The zero-order chi connectivity index (χ0) is 13.5. The number of thiazole rings is 1. The van der Waals surface area contributed by atoms with Gasteiger partial charge in [-0.15, -0.1) is 11.3 Å². The van der Waals surface area contributed by atoms with Crippen molar-refractivity contribution in [3.05, 3.63) is 31.8 Å². The maximum atomic E-state index is 11.1. The highest BCUT2D eigenvalue weighted by molar-refractivity contribution is 14.1. The molecular weight excluding hydrogens is 361 g/mol. The Morgan fingerprint density at radius 3 is 2.83 bits per heavy atom. The molecule has 0 amide bonds. The predicted molar refractivity (Wildman–Crippen MR) is 83.8 cm³/mol. The van der Waals surface area contributed by atoms with Crippen LogP contribution in [0.4, 0.5) is 0 Å². The lowest BCUT2D eigenvalue weighted by Gasteiger charge is -2.15. The van der Waals surface area contributed by atoms with E-state index in [2.05, 4.69) is 27.6 Å². The summed E-state index contributed by atoms with van der Waals surface area (Å²) in [5.74, 6) is -0.260. The van der Waals surface area contributed by atoms with Crippen LogP contribution in [-0.4, -0.2) is 17.1 Å². The Labute approximate surface area is 125 Å². The molecule has 1 heterocycles. The minimum absolute atomic E-state index is 0.212. The Kier molecular flexibility index (Phi) is 6.56. The van der Waals surface area contributed by atoms with E-state index in [-0.39, 0.29) is 12.1 Å². The topological polar surface area (TPSA) is 39.2 Å². The Balaban J connectivity index is 2.82. The molecule has 1 atom stereocenters. The van der Waals surface area contributed by atoms with Crippen LogP contribution in [0.2, 0.25) is 0 Å². The van der Waals surface area contributed by atoms with Crippen molar-refractivity contribution < 1.29 is 9.53 Å². The number of aromatic nitrogens is 1. The van der Waals surface area contributed by atoms with Crippen LogP contribution < -0.4 is 0 Å². The van der Waals surface area contributed by atoms with E-state index in [4.69, 9.17) is 4.74 Å². The lowest BCUT2D eigenvalue weighted by atomic mass is 10.1. The smallest absolute Gasteiger partial charge is 0.303 e. The number of hydrogen-bond acceptors (Lipinski definition) is 4. The van der Waals surface area contributed by atoms with Crippen LogP contribution in [0.25, 0.3) is 6.08 Å². The second-order valence-corrected chi connectivity index (χ2v) is 5.66. The van der Waals surface area contributed by atoms with Gasteiger partial charge in [-0.1, -0.05) is 28.7 Å². The largest absolute Gasteiger partial charge is 0.458 e. The summed E-state index contributed by atoms with van der Waals surface area (Å²) in [7, 11) is 0. The average molecular weight is 377 g/mol. The summed E-state index contributed by atoms with van der Waals surface area (Å²) >= 11 is 3.76. The van der Waals surface area contributed by atoms with Gasteiger partial charge in [0.1, 0.15) is 6.10 Å². The van der Waals surface area contributed by atoms with Crippen molar-refractivity contribution in [2.75, 3.05) is 0 Å². The molecule has 0 aliphatic rings. The number of halogens is 1. The average Bonchev–Trinajstić information content (AvgIpc) is 2.69. The molecule has 1 aromatic rings. The van der Waals surface area contributed by atoms with Crippen LogP contribution in [0.3, 0.4) is 0 Å². The summed E-state index contributed by atoms with van der Waals surface area (Å²) in [5, 5.41) is 3.03. The summed E-state index contributed by atoms with van der Waals surface area (Å²) in [6, 6.07) is 0. The van der Waals surface area contributed by atoms with E-state index in [0.29, 0.717) is 6.42 Å². The number of esters is 1. The van der Waals surface area contributed by atoms with Gasteiger partial charge in [0.05, 0.1) is 10.7 Å². The van der Waals surface area contributed by atoms with Crippen molar-refractivity contribution in [3.8, 4) is 0 Å². The van der Waals surface area contributed by atoms with Crippen LogP contribution >= 0.6 is 33.9 Å². The first kappa shape index (κ1) is 15.4. The third-order valence-electron chi connectivity index (χ3n) is 2.27. The number of ether oxygens (including phenoxy) is 1. The van der Waals surface area contributed by atoms with Crippen molar-refractivity contribution in [2.24, 2.45) is 0 Å². The molecule has 3 nitrogen and oxygen atoms in total. The molecule has 1 rings (SSSR count). The second-order valence-electron chi connectivity index (χ2n) is 3.88. The van der Waals surface area contributed by atoms with Gasteiger partial charge in [-0.25, -0.2) is 4.98 Å². The van der Waals surface area contributed by atoms with Crippen LogP contribution in [0.15, 0.2) is 21.1 Å². The van der Waals surface area contributed by atoms with Gasteiger partial charge in [-0.05, 0) is 29.6 Å². The third-order valence-corrected chi connectivity index (χ3v) is 3.57. The van der Waals surface area contributed by atoms with E-state index in [1.54, 1.807) is 11.3 Å². The van der Waals surface area contributed by atoms with Gasteiger partial charge in [0.25, 0.3) is 0 Å². The number of aryl methyl sites for hydroxylation is 1. The Hall–Kier alpha value is -0.690. The minimum atomic E-state index is -0.260. The first-order valence-corrected chi connectivity index (χ1v) is 7.68.